The van der Waals surface area contributed by atoms with Gasteiger partial charge in [-0.15, -0.1) is 0 Å². The van der Waals surface area contributed by atoms with Gasteiger partial charge in [-0.25, -0.2) is 13.2 Å². The minimum absolute atomic E-state index is 0.0536. The molecule has 0 aliphatic carbocycles. The number of nitro benzene ring substituents is 1. The van der Waals surface area contributed by atoms with Crippen LogP contribution in [0.25, 0.3) is 0 Å². The average molecular weight is 329 g/mol. The van der Waals surface area contributed by atoms with Gasteiger partial charge >= 0.3 is 0 Å². The summed E-state index contributed by atoms with van der Waals surface area (Å²) in [7, 11) is 0. The molecule has 0 heterocycles. The third-order valence-electron chi connectivity index (χ3n) is 2.03. The van der Waals surface area contributed by atoms with Gasteiger partial charge in [-0.05, 0) is 22.0 Å². The van der Waals surface area contributed by atoms with Crippen LogP contribution in [0.15, 0.2) is 16.6 Å². The first-order chi connectivity index (χ1) is 8.32. The number of benzene rings is 1. The van der Waals surface area contributed by atoms with E-state index in [9.17, 15) is 23.3 Å². The number of hydrogen-bond donors (Lipinski definition) is 2. The molecular formula is C9H8BrF3N2O3. The van der Waals surface area contributed by atoms with Crippen molar-refractivity contribution < 1.29 is 23.2 Å². The predicted octanol–water partition coefficient (Wildman–Crippen LogP) is 2.53. The number of aliphatic hydroxyl groups excluding tert-OH is 1. The van der Waals surface area contributed by atoms with Crippen LogP contribution >= 0.6 is 15.9 Å². The van der Waals surface area contributed by atoms with Crippen molar-refractivity contribution in [1.82, 2.24) is 0 Å². The van der Waals surface area contributed by atoms with Crippen LogP contribution in [0.5, 0.6) is 0 Å². The number of hydrogen-bond acceptors (Lipinski definition) is 4. The maximum absolute atomic E-state index is 13.1. The third-order valence-corrected chi connectivity index (χ3v) is 2.64. The molecule has 5 nitrogen and oxygen atoms in total. The van der Waals surface area contributed by atoms with Crippen molar-refractivity contribution in [3.8, 4) is 0 Å². The molecule has 0 spiro atoms. The van der Waals surface area contributed by atoms with Gasteiger partial charge in [-0.3, -0.25) is 10.1 Å². The normalized spacial score (nSPS) is 12.6. The molecule has 9 heteroatoms. The van der Waals surface area contributed by atoms with Crippen molar-refractivity contribution in [2.45, 2.75) is 12.5 Å². The summed E-state index contributed by atoms with van der Waals surface area (Å²) < 4.78 is 37.1. The summed E-state index contributed by atoms with van der Waals surface area (Å²) >= 11 is 2.82. The zero-order valence-corrected chi connectivity index (χ0v) is 10.3. The Morgan fingerprint density at radius 3 is 2.61 bits per heavy atom. The van der Waals surface area contributed by atoms with Crippen molar-refractivity contribution in [3.05, 3.63) is 32.5 Å². The van der Waals surface area contributed by atoms with Gasteiger partial charge < -0.3 is 10.4 Å². The Labute approximate surface area is 108 Å². The minimum Gasteiger partial charge on any atom is -0.385 e. The number of aliphatic hydroxyl groups is 1. The van der Waals surface area contributed by atoms with Gasteiger partial charge in [0.1, 0.15) is 17.6 Å². The molecule has 0 saturated heterocycles. The van der Waals surface area contributed by atoms with E-state index >= 15 is 0 Å². The van der Waals surface area contributed by atoms with E-state index in [0.717, 1.165) is 6.07 Å². The topological polar surface area (TPSA) is 75.4 Å². The van der Waals surface area contributed by atoms with Crippen LogP contribution in [0.4, 0.5) is 24.5 Å². The SMILES string of the molecule is O=[N+]([O-])c1cc(F)c(Br)cc1NCC(O)C(F)F. The fraction of sp³-hybridized carbons (Fsp3) is 0.333. The Morgan fingerprint density at radius 2 is 2.11 bits per heavy atom. The number of nitrogens with zero attached hydrogens (tertiary/aromatic N) is 1. The van der Waals surface area contributed by atoms with Gasteiger partial charge in [-0.2, -0.15) is 0 Å². The Kier molecular flexibility index (Phi) is 4.91. The smallest absolute Gasteiger partial charge is 0.295 e. The Morgan fingerprint density at radius 1 is 1.50 bits per heavy atom. The van der Waals surface area contributed by atoms with E-state index < -0.39 is 35.5 Å². The number of alkyl halides is 2. The monoisotopic (exact) mass is 328 g/mol. The van der Waals surface area contributed by atoms with Crippen LogP contribution < -0.4 is 5.32 Å². The molecule has 0 bridgehead atoms. The lowest BCUT2D eigenvalue weighted by Gasteiger charge is -2.12. The third kappa shape index (κ3) is 3.57. The van der Waals surface area contributed by atoms with Gasteiger partial charge in [0.2, 0.25) is 0 Å². The first-order valence-electron chi connectivity index (χ1n) is 4.66. The van der Waals surface area contributed by atoms with Gasteiger partial charge in [0, 0.05) is 6.54 Å². The maximum Gasteiger partial charge on any atom is 0.295 e. The average Bonchev–Trinajstić information content (AvgIpc) is 2.29. The van der Waals surface area contributed by atoms with E-state index in [2.05, 4.69) is 21.2 Å². The second-order valence-corrected chi connectivity index (χ2v) is 4.18. The largest absolute Gasteiger partial charge is 0.385 e. The lowest BCUT2D eigenvalue weighted by molar-refractivity contribution is -0.384. The van der Waals surface area contributed by atoms with E-state index in [1.807, 2.05) is 0 Å². The summed E-state index contributed by atoms with van der Waals surface area (Å²) in [4.78, 5) is 9.78. The van der Waals surface area contributed by atoms with Crippen molar-refractivity contribution in [1.29, 1.82) is 0 Å². The molecule has 0 aromatic heterocycles. The van der Waals surface area contributed by atoms with Crippen molar-refractivity contribution in [3.63, 3.8) is 0 Å². The number of halogens is 4. The van der Waals surface area contributed by atoms with E-state index in [4.69, 9.17) is 5.11 Å². The summed E-state index contributed by atoms with van der Waals surface area (Å²) in [6, 6.07) is 1.70. The second kappa shape index (κ2) is 6.01. The number of nitrogens with one attached hydrogen (secondary N) is 1. The van der Waals surface area contributed by atoms with Crippen LogP contribution in [-0.4, -0.2) is 29.1 Å². The molecule has 0 saturated carbocycles. The summed E-state index contributed by atoms with van der Waals surface area (Å²) in [5, 5.41) is 21.8. The van der Waals surface area contributed by atoms with Crippen molar-refractivity contribution in [2.24, 2.45) is 0 Å². The van der Waals surface area contributed by atoms with Gasteiger partial charge in [0.05, 0.1) is 15.5 Å². The molecule has 0 aliphatic heterocycles. The quantitative estimate of drug-likeness (QED) is 0.643. The maximum atomic E-state index is 13.1. The lowest BCUT2D eigenvalue weighted by atomic mass is 10.2. The zero-order valence-electron chi connectivity index (χ0n) is 8.74. The molecule has 1 atom stereocenters. The Bertz CT molecular complexity index is 459. The fourth-order valence-corrected chi connectivity index (χ4v) is 1.48. The lowest BCUT2D eigenvalue weighted by Crippen LogP contribution is -2.27. The van der Waals surface area contributed by atoms with Gasteiger partial charge in [-0.1, -0.05) is 0 Å². The van der Waals surface area contributed by atoms with Crippen LogP contribution in [-0.2, 0) is 0 Å². The molecule has 100 valence electrons. The van der Waals surface area contributed by atoms with E-state index in [1.165, 1.54) is 0 Å². The van der Waals surface area contributed by atoms with Crippen LogP contribution in [0.3, 0.4) is 0 Å². The van der Waals surface area contributed by atoms with E-state index in [-0.39, 0.29) is 10.2 Å². The van der Waals surface area contributed by atoms with Crippen LogP contribution in [0, 0.1) is 15.9 Å². The summed E-state index contributed by atoms with van der Waals surface area (Å²) in [6.07, 6.45) is -4.94. The number of nitro groups is 1. The first kappa shape index (κ1) is 14.7. The molecule has 1 aromatic carbocycles. The minimum atomic E-state index is -2.97. The van der Waals surface area contributed by atoms with Crippen molar-refractivity contribution >= 4 is 27.3 Å². The zero-order chi connectivity index (χ0) is 13.9. The summed E-state index contributed by atoms with van der Waals surface area (Å²) in [5.74, 6) is -0.846. The summed E-state index contributed by atoms with van der Waals surface area (Å²) in [5.41, 5.74) is -0.759. The highest BCUT2D eigenvalue weighted by Gasteiger charge is 2.21. The summed E-state index contributed by atoms with van der Waals surface area (Å²) in [6.45, 7) is -0.587. The molecular weight excluding hydrogens is 321 g/mol. The molecule has 2 N–H and O–H groups in total. The van der Waals surface area contributed by atoms with E-state index in [1.54, 1.807) is 0 Å². The molecule has 0 radical (unpaired) electrons. The Hall–Kier alpha value is -1.35. The molecule has 0 amide bonds. The molecule has 1 aromatic rings. The molecule has 0 fully saturated rings. The first-order valence-corrected chi connectivity index (χ1v) is 5.45. The number of anilines is 1. The molecule has 18 heavy (non-hydrogen) atoms. The molecule has 1 rings (SSSR count). The van der Waals surface area contributed by atoms with Crippen LogP contribution in [0.2, 0.25) is 0 Å². The highest BCUT2D eigenvalue weighted by Crippen LogP contribution is 2.30. The molecule has 1 unspecified atom stereocenters. The van der Waals surface area contributed by atoms with Gasteiger partial charge in [0.15, 0.2) is 0 Å². The number of rotatable bonds is 5. The van der Waals surface area contributed by atoms with Gasteiger partial charge in [0.25, 0.3) is 12.1 Å². The predicted molar refractivity (Wildman–Crippen MR) is 61.3 cm³/mol. The van der Waals surface area contributed by atoms with E-state index in [0.29, 0.717) is 6.07 Å². The highest BCUT2D eigenvalue weighted by molar-refractivity contribution is 9.10. The van der Waals surface area contributed by atoms with Crippen LogP contribution in [0.1, 0.15) is 0 Å². The standard InChI is InChI=1S/C9H8BrF3N2O3/c10-4-1-6(14-3-8(16)9(12)13)7(15(17)18)2-5(4)11/h1-2,8-9,14,16H,3H2. The molecule has 0 aliphatic rings. The fourth-order valence-electron chi connectivity index (χ4n) is 1.13. The highest BCUT2D eigenvalue weighted by atomic mass is 79.9. The Balaban J connectivity index is 2.93. The second-order valence-electron chi connectivity index (χ2n) is 3.32. The van der Waals surface area contributed by atoms with Crippen molar-refractivity contribution in [2.75, 3.05) is 11.9 Å².